The Bertz CT molecular complexity index is 316. The van der Waals surface area contributed by atoms with Crippen LogP contribution >= 0.6 is 11.8 Å². The van der Waals surface area contributed by atoms with Gasteiger partial charge in [-0.2, -0.15) is 0 Å². The molecule has 1 aromatic rings. The van der Waals surface area contributed by atoms with Crippen LogP contribution in [0.3, 0.4) is 0 Å². The average Bonchev–Trinajstić information content (AvgIpc) is 2.35. The molecule has 1 rings (SSSR count). The fourth-order valence-electron chi connectivity index (χ4n) is 1.56. The molecule has 0 aliphatic carbocycles. The van der Waals surface area contributed by atoms with Gasteiger partial charge in [0.05, 0.1) is 0 Å². The summed E-state index contributed by atoms with van der Waals surface area (Å²) in [5.74, 6) is 1.24. The molecule has 0 aliphatic rings. The second-order valence-electron chi connectivity index (χ2n) is 4.32. The third kappa shape index (κ3) is 7.22. The summed E-state index contributed by atoms with van der Waals surface area (Å²) in [5.41, 5.74) is 2.26. The second-order valence-corrected chi connectivity index (χ2v) is 5.33. The molecule has 0 bridgehead atoms. The van der Waals surface area contributed by atoms with Gasteiger partial charge in [-0.1, -0.05) is 38.7 Å². The summed E-state index contributed by atoms with van der Waals surface area (Å²) >= 11 is 1.90. The first-order valence-electron chi connectivity index (χ1n) is 6.53. The largest absolute Gasteiger partial charge is 0.261 e. The Morgan fingerprint density at radius 2 is 2.00 bits per heavy atom. The topological polar surface area (TPSA) is 12.9 Å². The molecule has 0 aliphatic heterocycles. The molecular weight excluding hydrogens is 226 g/mol. The molecule has 2 heteroatoms. The molecule has 1 heterocycles. The minimum Gasteiger partial charge on any atom is -0.261 e. The van der Waals surface area contributed by atoms with Crippen LogP contribution in [0.25, 0.3) is 6.08 Å². The van der Waals surface area contributed by atoms with Gasteiger partial charge in [0.1, 0.15) is 0 Å². The second kappa shape index (κ2) is 9.29. The van der Waals surface area contributed by atoms with Gasteiger partial charge >= 0.3 is 0 Å². The van der Waals surface area contributed by atoms with Gasteiger partial charge in [0, 0.05) is 11.9 Å². The van der Waals surface area contributed by atoms with E-state index in [0.29, 0.717) is 0 Å². The quantitative estimate of drug-likeness (QED) is 0.597. The number of pyridine rings is 1. The van der Waals surface area contributed by atoms with Gasteiger partial charge in [0.15, 0.2) is 0 Å². The minimum absolute atomic E-state index is 1.07. The highest BCUT2D eigenvalue weighted by molar-refractivity contribution is 8.02. The smallest absolute Gasteiger partial charge is 0.0373 e. The Labute approximate surface area is 110 Å². The maximum absolute atomic E-state index is 4.27. The first-order valence-corrected chi connectivity index (χ1v) is 7.58. The number of nitrogens with zero attached hydrogens (tertiary/aromatic N) is 1. The number of unbranched alkanes of at least 4 members (excludes halogenated alkanes) is 4. The van der Waals surface area contributed by atoms with Gasteiger partial charge in [-0.25, -0.2) is 0 Å². The summed E-state index contributed by atoms with van der Waals surface area (Å²) in [6, 6.07) is 4.16. The van der Waals surface area contributed by atoms with Crippen molar-refractivity contribution in [2.75, 3.05) is 5.75 Å². The predicted molar refractivity (Wildman–Crippen MR) is 79.2 cm³/mol. The Hall–Kier alpha value is -0.760. The molecule has 0 spiro atoms. The van der Waals surface area contributed by atoms with Gasteiger partial charge in [-0.05, 0) is 42.2 Å². The summed E-state index contributed by atoms with van der Waals surface area (Å²) < 4.78 is 0. The van der Waals surface area contributed by atoms with Crippen molar-refractivity contribution in [2.45, 2.75) is 46.0 Å². The van der Waals surface area contributed by atoms with Gasteiger partial charge in [0.25, 0.3) is 0 Å². The molecule has 1 nitrogen and oxygen atoms in total. The Morgan fingerprint density at radius 1 is 1.18 bits per heavy atom. The number of hydrogen-bond donors (Lipinski definition) is 0. The molecule has 0 unspecified atom stereocenters. The zero-order valence-corrected chi connectivity index (χ0v) is 11.8. The van der Waals surface area contributed by atoms with Crippen molar-refractivity contribution < 1.29 is 0 Å². The Balaban J connectivity index is 2.08. The van der Waals surface area contributed by atoms with E-state index in [4.69, 9.17) is 0 Å². The van der Waals surface area contributed by atoms with Crippen LogP contribution < -0.4 is 0 Å². The first kappa shape index (κ1) is 14.3. The number of aromatic nitrogens is 1. The van der Waals surface area contributed by atoms with Crippen molar-refractivity contribution >= 4 is 17.8 Å². The van der Waals surface area contributed by atoms with Crippen LogP contribution in [-0.4, -0.2) is 10.7 Å². The van der Waals surface area contributed by atoms with Crippen molar-refractivity contribution in [1.82, 2.24) is 4.98 Å². The van der Waals surface area contributed by atoms with Crippen molar-refractivity contribution in [2.24, 2.45) is 0 Å². The van der Waals surface area contributed by atoms with Crippen LogP contribution in [-0.2, 0) is 0 Å². The summed E-state index contributed by atoms with van der Waals surface area (Å²) in [6.45, 7) is 4.27. The molecule has 0 N–H and O–H groups in total. The number of rotatable bonds is 8. The molecule has 0 amide bonds. The lowest BCUT2D eigenvalue weighted by molar-refractivity contribution is 0.659. The summed E-state index contributed by atoms with van der Waals surface area (Å²) in [5, 5.41) is 2.19. The highest BCUT2D eigenvalue weighted by Gasteiger charge is 1.89. The van der Waals surface area contributed by atoms with Gasteiger partial charge in [-0.15, -0.1) is 11.8 Å². The van der Waals surface area contributed by atoms with Crippen LogP contribution in [0, 0.1) is 6.92 Å². The van der Waals surface area contributed by atoms with E-state index in [0.717, 1.165) is 5.69 Å². The van der Waals surface area contributed by atoms with E-state index in [1.54, 1.807) is 0 Å². The Kier molecular flexibility index (Phi) is 7.81. The van der Waals surface area contributed by atoms with Gasteiger partial charge < -0.3 is 0 Å². The minimum atomic E-state index is 1.07. The number of hydrogen-bond acceptors (Lipinski definition) is 2. The lowest BCUT2D eigenvalue weighted by atomic mass is 10.2. The summed E-state index contributed by atoms with van der Waals surface area (Å²) in [7, 11) is 0. The third-order valence-corrected chi connectivity index (χ3v) is 3.51. The molecule has 0 saturated heterocycles. The van der Waals surface area contributed by atoms with E-state index >= 15 is 0 Å². The maximum Gasteiger partial charge on any atom is 0.0373 e. The first-order chi connectivity index (χ1) is 8.33. The Morgan fingerprint density at radius 3 is 2.71 bits per heavy atom. The summed E-state index contributed by atoms with van der Waals surface area (Å²) in [4.78, 5) is 4.27. The molecule has 0 aromatic carbocycles. The van der Waals surface area contributed by atoms with E-state index in [1.807, 2.05) is 24.9 Å². The highest BCUT2D eigenvalue weighted by atomic mass is 32.2. The molecule has 17 heavy (non-hydrogen) atoms. The van der Waals surface area contributed by atoms with Crippen molar-refractivity contribution in [3.05, 3.63) is 35.0 Å². The number of thioether (sulfide) groups is 1. The molecule has 0 radical (unpaired) electrons. The van der Waals surface area contributed by atoms with Crippen LogP contribution in [0.4, 0.5) is 0 Å². The molecule has 94 valence electrons. The lowest BCUT2D eigenvalue weighted by Crippen LogP contribution is -1.81. The lowest BCUT2D eigenvalue weighted by Gasteiger charge is -1.98. The fourth-order valence-corrected chi connectivity index (χ4v) is 2.32. The fraction of sp³-hybridized carbons (Fsp3) is 0.533. The standard InChI is InChI=1S/C15H23NS/c1-3-4-5-6-7-11-17-12-10-15-9-8-14(2)16-13-15/h8-10,12-13H,3-7,11H2,1-2H3. The van der Waals surface area contributed by atoms with Crippen molar-refractivity contribution in [3.63, 3.8) is 0 Å². The van der Waals surface area contributed by atoms with E-state index < -0.39 is 0 Å². The van der Waals surface area contributed by atoms with E-state index in [9.17, 15) is 0 Å². The monoisotopic (exact) mass is 249 g/mol. The SMILES string of the molecule is CCCCCCCSC=Cc1ccc(C)nc1. The van der Waals surface area contributed by atoms with Crippen LogP contribution in [0.5, 0.6) is 0 Å². The van der Waals surface area contributed by atoms with Crippen LogP contribution in [0.1, 0.15) is 50.3 Å². The number of aryl methyl sites for hydroxylation is 1. The molecular formula is C15H23NS. The van der Waals surface area contributed by atoms with Crippen LogP contribution in [0.2, 0.25) is 0 Å². The zero-order valence-electron chi connectivity index (χ0n) is 11.0. The normalized spacial score (nSPS) is 11.2. The van der Waals surface area contributed by atoms with Crippen molar-refractivity contribution in [1.29, 1.82) is 0 Å². The third-order valence-electron chi connectivity index (χ3n) is 2.66. The molecule has 0 fully saturated rings. The molecule has 0 atom stereocenters. The summed E-state index contributed by atoms with van der Waals surface area (Å²) in [6.07, 6.45) is 10.9. The predicted octanol–water partition coefficient (Wildman–Crippen LogP) is 5.06. The van der Waals surface area contributed by atoms with Crippen LogP contribution in [0.15, 0.2) is 23.7 Å². The average molecular weight is 249 g/mol. The van der Waals surface area contributed by atoms with Gasteiger partial charge in [-0.3, -0.25) is 4.98 Å². The van der Waals surface area contributed by atoms with E-state index in [-0.39, 0.29) is 0 Å². The van der Waals surface area contributed by atoms with Gasteiger partial charge in [0.2, 0.25) is 0 Å². The maximum atomic E-state index is 4.27. The van der Waals surface area contributed by atoms with E-state index in [2.05, 4.69) is 35.5 Å². The van der Waals surface area contributed by atoms with Crippen molar-refractivity contribution in [3.8, 4) is 0 Å². The highest BCUT2D eigenvalue weighted by Crippen LogP contribution is 2.12. The van der Waals surface area contributed by atoms with E-state index in [1.165, 1.54) is 43.4 Å². The molecule has 0 saturated carbocycles. The zero-order chi connectivity index (χ0) is 12.3. The molecule has 1 aromatic heterocycles.